The Kier molecular flexibility index (Phi) is 2.86. The fourth-order valence-corrected chi connectivity index (χ4v) is 1.63. The highest BCUT2D eigenvalue weighted by molar-refractivity contribution is 6.04. The van der Waals surface area contributed by atoms with Crippen molar-refractivity contribution in [2.24, 2.45) is 0 Å². The number of amides is 3. The molecular formula is C11H12N2O4. The van der Waals surface area contributed by atoms with Gasteiger partial charge in [-0.05, 0) is 24.6 Å². The van der Waals surface area contributed by atoms with Crippen molar-refractivity contribution in [1.82, 2.24) is 10.6 Å². The number of ether oxygens (including phenoxy) is 1. The number of phenolic OH excluding ortho intramolecular Hbond substituents is 1. The second-order valence-electron chi connectivity index (χ2n) is 3.56. The van der Waals surface area contributed by atoms with Gasteiger partial charge >= 0.3 is 6.03 Å². The van der Waals surface area contributed by atoms with Crippen LogP contribution in [0.2, 0.25) is 0 Å². The number of carbonyl (C=O) groups excluding carboxylic acids is 2. The van der Waals surface area contributed by atoms with Gasteiger partial charge in [-0.15, -0.1) is 0 Å². The van der Waals surface area contributed by atoms with Gasteiger partial charge in [0.15, 0.2) is 11.5 Å². The minimum absolute atomic E-state index is 0.000307. The lowest BCUT2D eigenvalue weighted by molar-refractivity contribution is -0.120. The molecule has 1 aliphatic heterocycles. The average Bonchev–Trinajstić information content (AvgIpc) is 2.61. The summed E-state index contributed by atoms with van der Waals surface area (Å²) < 4.78 is 5.20. The number of phenols is 1. The van der Waals surface area contributed by atoms with Gasteiger partial charge < -0.3 is 15.2 Å². The molecule has 0 saturated carbocycles. The van der Waals surface area contributed by atoms with E-state index in [1.165, 1.54) is 12.1 Å². The summed E-state index contributed by atoms with van der Waals surface area (Å²) in [6.07, 6.45) is 0. The fraction of sp³-hybridized carbons (Fsp3) is 0.273. The molecule has 1 aromatic rings. The standard InChI is InChI=1S/C11H12N2O4/c1-2-17-8-5-6(3-4-7(8)14)9-10(15)13-11(16)12-9/h3-5,9,14H,2H2,1H3,(H2,12,13,15,16)/t9-/m0/s1. The second-order valence-corrected chi connectivity index (χ2v) is 3.56. The molecule has 1 saturated heterocycles. The van der Waals surface area contributed by atoms with Crippen LogP contribution in [0.25, 0.3) is 0 Å². The van der Waals surface area contributed by atoms with E-state index in [2.05, 4.69) is 10.6 Å². The Morgan fingerprint density at radius 3 is 2.76 bits per heavy atom. The third kappa shape index (κ3) is 2.15. The van der Waals surface area contributed by atoms with Gasteiger partial charge in [-0.2, -0.15) is 0 Å². The number of hydrogen-bond donors (Lipinski definition) is 3. The number of nitrogens with one attached hydrogen (secondary N) is 2. The third-order valence-electron chi connectivity index (χ3n) is 2.39. The number of urea groups is 1. The van der Waals surface area contributed by atoms with E-state index < -0.39 is 18.0 Å². The number of benzene rings is 1. The minimum atomic E-state index is -0.734. The van der Waals surface area contributed by atoms with Crippen molar-refractivity contribution in [2.75, 3.05) is 6.61 Å². The Hall–Kier alpha value is -2.24. The lowest BCUT2D eigenvalue weighted by Crippen LogP contribution is -2.22. The van der Waals surface area contributed by atoms with Gasteiger partial charge in [0.2, 0.25) is 0 Å². The molecule has 6 heteroatoms. The molecule has 0 bridgehead atoms. The molecule has 1 atom stereocenters. The van der Waals surface area contributed by atoms with Crippen molar-refractivity contribution in [1.29, 1.82) is 0 Å². The molecule has 1 fully saturated rings. The minimum Gasteiger partial charge on any atom is -0.504 e. The summed E-state index contributed by atoms with van der Waals surface area (Å²) in [5.41, 5.74) is 0.564. The number of rotatable bonds is 3. The molecular weight excluding hydrogens is 224 g/mol. The number of carbonyl (C=O) groups is 2. The SMILES string of the molecule is CCOc1cc([C@@H]2NC(=O)NC2=O)ccc1O. The molecule has 6 nitrogen and oxygen atoms in total. The Labute approximate surface area is 97.6 Å². The zero-order valence-corrected chi connectivity index (χ0v) is 9.19. The number of hydrogen-bond acceptors (Lipinski definition) is 4. The highest BCUT2D eigenvalue weighted by Gasteiger charge is 2.31. The maximum absolute atomic E-state index is 11.4. The van der Waals surface area contributed by atoms with E-state index in [4.69, 9.17) is 4.74 Å². The second kappa shape index (κ2) is 4.32. The van der Waals surface area contributed by atoms with Crippen molar-refractivity contribution in [3.8, 4) is 11.5 Å². The van der Waals surface area contributed by atoms with Gasteiger partial charge in [-0.1, -0.05) is 6.07 Å². The van der Waals surface area contributed by atoms with Gasteiger partial charge in [0.05, 0.1) is 6.61 Å². The summed E-state index contributed by atoms with van der Waals surface area (Å²) >= 11 is 0. The smallest absolute Gasteiger partial charge is 0.322 e. The molecule has 17 heavy (non-hydrogen) atoms. The van der Waals surface area contributed by atoms with Crippen LogP contribution in [0.5, 0.6) is 11.5 Å². The summed E-state index contributed by atoms with van der Waals surface area (Å²) in [6.45, 7) is 2.19. The molecule has 2 rings (SSSR count). The topological polar surface area (TPSA) is 87.7 Å². The zero-order chi connectivity index (χ0) is 12.4. The first kappa shape index (κ1) is 11.3. The average molecular weight is 236 g/mol. The van der Waals surface area contributed by atoms with Gasteiger partial charge in [0.25, 0.3) is 5.91 Å². The quantitative estimate of drug-likeness (QED) is 0.673. The molecule has 3 N–H and O–H groups in total. The maximum atomic E-state index is 11.4. The highest BCUT2D eigenvalue weighted by Crippen LogP contribution is 2.30. The monoisotopic (exact) mass is 236 g/mol. The molecule has 1 aromatic carbocycles. The van der Waals surface area contributed by atoms with E-state index >= 15 is 0 Å². The predicted molar refractivity (Wildman–Crippen MR) is 58.7 cm³/mol. The molecule has 1 aliphatic rings. The Morgan fingerprint density at radius 1 is 1.41 bits per heavy atom. The van der Waals surface area contributed by atoms with Crippen LogP contribution in [0, 0.1) is 0 Å². The Bertz CT molecular complexity index is 473. The molecule has 1 heterocycles. The van der Waals surface area contributed by atoms with E-state index in [1.54, 1.807) is 13.0 Å². The summed E-state index contributed by atoms with van der Waals surface area (Å²) in [7, 11) is 0. The van der Waals surface area contributed by atoms with Crippen LogP contribution in [0.15, 0.2) is 18.2 Å². The molecule has 0 aromatic heterocycles. The Morgan fingerprint density at radius 2 is 2.18 bits per heavy atom. The van der Waals surface area contributed by atoms with Gasteiger partial charge in [0.1, 0.15) is 6.04 Å². The molecule has 0 aliphatic carbocycles. The molecule has 3 amide bonds. The van der Waals surface area contributed by atoms with Crippen LogP contribution >= 0.6 is 0 Å². The Balaban J connectivity index is 2.30. The summed E-state index contributed by atoms with van der Waals surface area (Å²) in [6, 6.07) is 3.27. The third-order valence-corrected chi connectivity index (χ3v) is 2.39. The lowest BCUT2D eigenvalue weighted by atomic mass is 10.1. The van der Waals surface area contributed by atoms with Crippen LogP contribution in [0.3, 0.4) is 0 Å². The summed E-state index contributed by atoms with van der Waals surface area (Å²) in [5.74, 6) is -0.123. The molecule has 0 unspecified atom stereocenters. The molecule has 0 spiro atoms. The van der Waals surface area contributed by atoms with Crippen molar-refractivity contribution in [3.05, 3.63) is 23.8 Å². The van der Waals surface area contributed by atoms with Crippen molar-refractivity contribution < 1.29 is 19.4 Å². The first-order chi connectivity index (χ1) is 8.11. The molecule has 90 valence electrons. The normalized spacial score (nSPS) is 18.8. The van der Waals surface area contributed by atoms with Crippen LogP contribution in [0.4, 0.5) is 4.79 Å². The van der Waals surface area contributed by atoms with E-state index in [-0.39, 0.29) is 5.75 Å². The number of imide groups is 1. The predicted octanol–water partition coefficient (Wildman–Crippen LogP) is 0.671. The van der Waals surface area contributed by atoms with Crippen LogP contribution in [-0.4, -0.2) is 23.7 Å². The van der Waals surface area contributed by atoms with Crippen LogP contribution in [-0.2, 0) is 4.79 Å². The maximum Gasteiger partial charge on any atom is 0.322 e. The zero-order valence-electron chi connectivity index (χ0n) is 9.19. The van der Waals surface area contributed by atoms with Crippen molar-refractivity contribution in [3.63, 3.8) is 0 Å². The number of aromatic hydroxyl groups is 1. The fourth-order valence-electron chi connectivity index (χ4n) is 1.63. The van der Waals surface area contributed by atoms with Gasteiger partial charge in [0, 0.05) is 0 Å². The van der Waals surface area contributed by atoms with Crippen LogP contribution < -0.4 is 15.4 Å². The van der Waals surface area contributed by atoms with E-state index in [0.29, 0.717) is 17.9 Å². The first-order valence-corrected chi connectivity index (χ1v) is 5.19. The summed E-state index contributed by atoms with van der Waals surface area (Å²) in [5, 5.41) is 14.1. The first-order valence-electron chi connectivity index (χ1n) is 5.19. The molecule has 0 radical (unpaired) electrons. The van der Waals surface area contributed by atoms with Gasteiger partial charge in [-0.3, -0.25) is 10.1 Å². The van der Waals surface area contributed by atoms with E-state index in [1.807, 2.05) is 0 Å². The van der Waals surface area contributed by atoms with E-state index in [9.17, 15) is 14.7 Å². The van der Waals surface area contributed by atoms with Crippen molar-refractivity contribution in [2.45, 2.75) is 13.0 Å². The summed E-state index contributed by atoms with van der Waals surface area (Å²) in [4.78, 5) is 22.4. The largest absolute Gasteiger partial charge is 0.504 e. The van der Waals surface area contributed by atoms with Crippen LogP contribution in [0.1, 0.15) is 18.5 Å². The highest BCUT2D eigenvalue weighted by atomic mass is 16.5. The lowest BCUT2D eigenvalue weighted by Gasteiger charge is -2.11. The van der Waals surface area contributed by atoms with E-state index in [0.717, 1.165) is 0 Å². The van der Waals surface area contributed by atoms with Gasteiger partial charge in [-0.25, -0.2) is 4.79 Å². The van der Waals surface area contributed by atoms with Crippen molar-refractivity contribution >= 4 is 11.9 Å².